The molecule has 0 saturated carbocycles. The predicted molar refractivity (Wildman–Crippen MR) is 50.4 cm³/mol. The van der Waals surface area contributed by atoms with Crippen LogP contribution in [-0.4, -0.2) is 21.2 Å². The van der Waals surface area contributed by atoms with Crippen LogP contribution < -0.4 is 0 Å². The molecule has 74 valence electrons. The predicted octanol–water partition coefficient (Wildman–Crippen LogP) is 0.901. The van der Waals surface area contributed by atoms with E-state index in [1.807, 2.05) is 0 Å². The minimum atomic E-state index is -1.40. The molecule has 1 aromatic carbocycles. The first kappa shape index (κ1) is 10.5. The van der Waals surface area contributed by atoms with Gasteiger partial charge in [-0.1, -0.05) is 0 Å². The summed E-state index contributed by atoms with van der Waals surface area (Å²) in [5.41, 5.74) is -0.0585. The van der Waals surface area contributed by atoms with Crippen LogP contribution in [0.1, 0.15) is 0 Å². The first-order valence-corrected chi connectivity index (χ1v) is 5.03. The molecule has 0 fully saturated rings. The molecule has 14 heavy (non-hydrogen) atoms. The normalized spacial score (nSPS) is 12.0. The Morgan fingerprint density at radius 3 is 2.36 bits per heavy atom. The van der Waals surface area contributed by atoms with Gasteiger partial charge in [-0.15, -0.1) is 0 Å². The van der Waals surface area contributed by atoms with E-state index in [1.54, 1.807) is 0 Å². The van der Waals surface area contributed by atoms with Crippen molar-refractivity contribution in [2.75, 3.05) is 5.75 Å². The van der Waals surface area contributed by atoms with Gasteiger partial charge in [0.25, 0.3) is 5.69 Å². The van der Waals surface area contributed by atoms with Gasteiger partial charge in [0.2, 0.25) is 0 Å². The van der Waals surface area contributed by atoms with Crippen LogP contribution in [-0.2, 0) is 15.6 Å². The molecular weight excluding hydrogens is 206 g/mol. The molecule has 0 aliphatic rings. The Bertz CT molecular complexity index is 373. The zero-order chi connectivity index (χ0) is 10.6. The quantitative estimate of drug-likeness (QED) is 0.423. The number of rotatable bonds is 4. The van der Waals surface area contributed by atoms with Gasteiger partial charge in [-0.05, 0) is 12.1 Å². The molecule has 0 amide bonds. The van der Waals surface area contributed by atoms with E-state index in [9.17, 15) is 19.1 Å². The van der Waals surface area contributed by atoms with Crippen LogP contribution in [0.15, 0.2) is 29.2 Å². The molecule has 0 aliphatic carbocycles. The summed E-state index contributed by atoms with van der Waals surface area (Å²) in [6.07, 6.45) is 0.553. The minimum Gasteiger partial charge on any atom is -0.302 e. The van der Waals surface area contributed by atoms with Gasteiger partial charge >= 0.3 is 0 Å². The minimum absolute atomic E-state index is 0.0585. The fourth-order valence-electron chi connectivity index (χ4n) is 0.878. The summed E-state index contributed by atoms with van der Waals surface area (Å²) >= 11 is 0. The largest absolute Gasteiger partial charge is 0.302 e. The maximum absolute atomic E-state index is 11.2. The third-order valence-electron chi connectivity index (χ3n) is 1.53. The standard InChI is InChI=1S/C8H7NO4S/c10-5-6-14(13)8-3-1-7(2-4-8)9(11)12/h1-5H,6H2. The SMILES string of the molecule is O=CCS(=O)c1ccc([N+](=O)[O-])cc1. The van der Waals surface area contributed by atoms with E-state index in [4.69, 9.17) is 0 Å². The van der Waals surface area contributed by atoms with Crippen molar-refractivity contribution >= 4 is 22.8 Å². The van der Waals surface area contributed by atoms with Crippen LogP contribution in [0, 0.1) is 10.1 Å². The molecule has 0 saturated heterocycles. The first-order chi connectivity index (χ1) is 6.65. The number of carbonyl (C=O) groups excluding carboxylic acids is 1. The number of benzene rings is 1. The molecule has 0 radical (unpaired) electrons. The van der Waals surface area contributed by atoms with E-state index >= 15 is 0 Å². The molecular formula is C8H7NO4S. The number of nitro benzene ring substituents is 1. The third kappa shape index (κ3) is 2.46. The molecule has 1 atom stereocenters. The highest BCUT2D eigenvalue weighted by atomic mass is 32.2. The number of hydrogen-bond donors (Lipinski definition) is 0. The summed E-state index contributed by atoms with van der Waals surface area (Å²) in [5.74, 6) is -0.0855. The summed E-state index contributed by atoms with van der Waals surface area (Å²) in [5, 5.41) is 10.3. The lowest BCUT2D eigenvalue weighted by molar-refractivity contribution is -0.384. The molecule has 0 N–H and O–H groups in total. The number of nitro groups is 1. The van der Waals surface area contributed by atoms with E-state index < -0.39 is 15.7 Å². The molecule has 0 aromatic heterocycles. The summed E-state index contributed by atoms with van der Waals surface area (Å²) in [6.45, 7) is 0. The Morgan fingerprint density at radius 1 is 1.36 bits per heavy atom. The summed E-state index contributed by atoms with van der Waals surface area (Å²) in [7, 11) is -1.40. The van der Waals surface area contributed by atoms with Gasteiger partial charge < -0.3 is 4.79 Å². The van der Waals surface area contributed by atoms with Gasteiger partial charge in [-0.3, -0.25) is 14.3 Å². The van der Waals surface area contributed by atoms with E-state index in [0.29, 0.717) is 11.2 Å². The lowest BCUT2D eigenvalue weighted by Crippen LogP contribution is -1.98. The number of non-ortho nitro benzene ring substituents is 1. The summed E-state index contributed by atoms with van der Waals surface area (Å²) in [4.78, 5) is 20.2. The van der Waals surface area contributed by atoms with Crippen LogP contribution in [0.4, 0.5) is 5.69 Å². The van der Waals surface area contributed by atoms with Crippen molar-refractivity contribution in [3.63, 3.8) is 0 Å². The highest BCUT2D eigenvalue weighted by Crippen LogP contribution is 2.14. The second-order valence-corrected chi connectivity index (χ2v) is 3.93. The zero-order valence-corrected chi connectivity index (χ0v) is 7.90. The number of nitrogens with zero attached hydrogens (tertiary/aromatic N) is 1. The van der Waals surface area contributed by atoms with Crippen molar-refractivity contribution in [1.82, 2.24) is 0 Å². The smallest absolute Gasteiger partial charge is 0.269 e. The van der Waals surface area contributed by atoms with E-state index in [0.717, 1.165) is 0 Å². The maximum atomic E-state index is 11.2. The molecule has 0 spiro atoms. The average Bonchev–Trinajstić information content (AvgIpc) is 2.18. The molecule has 6 heteroatoms. The monoisotopic (exact) mass is 213 g/mol. The highest BCUT2D eigenvalue weighted by Gasteiger charge is 2.07. The molecule has 0 bridgehead atoms. The van der Waals surface area contributed by atoms with Gasteiger partial charge in [0.1, 0.15) is 6.29 Å². The molecule has 1 aromatic rings. The number of aldehydes is 1. The maximum Gasteiger partial charge on any atom is 0.269 e. The zero-order valence-electron chi connectivity index (χ0n) is 7.08. The van der Waals surface area contributed by atoms with Crippen molar-refractivity contribution in [2.45, 2.75) is 4.90 Å². The fourth-order valence-corrected chi connectivity index (χ4v) is 1.63. The van der Waals surface area contributed by atoms with Gasteiger partial charge in [0.15, 0.2) is 0 Å². The molecule has 5 nitrogen and oxygen atoms in total. The molecule has 1 rings (SSSR count). The Labute approximate surface area is 82.4 Å². The van der Waals surface area contributed by atoms with E-state index in [-0.39, 0.29) is 11.4 Å². The van der Waals surface area contributed by atoms with Gasteiger partial charge in [-0.25, -0.2) is 0 Å². The lowest BCUT2D eigenvalue weighted by atomic mass is 10.3. The van der Waals surface area contributed by atoms with Crippen molar-refractivity contribution in [1.29, 1.82) is 0 Å². The Morgan fingerprint density at radius 2 is 1.93 bits per heavy atom. The highest BCUT2D eigenvalue weighted by molar-refractivity contribution is 7.85. The van der Waals surface area contributed by atoms with Gasteiger partial charge in [0, 0.05) is 17.0 Å². The van der Waals surface area contributed by atoms with Crippen LogP contribution >= 0.6 is 0 Å². The van der Waals surface area contributed by atoms with E-state index in [1.165, 1.54) is 24.3 Å². The Kier molecular flexibility index (Phi) is 3.47. The van der Waals surface area contributed by atoms with Crippen molar-refractivity contribution in [2.24, 2.45) is 0 Å². The Hall–Kier alpha value is -1.56. The Balaban J connectivity index is 2.88. The lowest BCUT2D eigenvalue weighted by Gasteiger charge is -1.96. The van der Waals surface area contributed by atoms with Crippen LogP contribution in [0.5, 0.6) is 0 Å². The third-order valence-corrected chi connectivity index (χ3v) is 2.77. The summed E-state index contributed by atoms with van der Waals surface area (Å²) in [6, 6.07) is 5.30. The van der Waals surface area contributed by atoms with E-state index in [2.05, 4.69) is 0 Å². The van der Waals surface area contributed by atoms with Crippen molar-refractivity contribution in [3.05, 3.63) is 34.4 Å². The van der Waals surface area contributed by atoms with Crippen LogP contribution in [0.2, 0.25) is 0 Å². The van der Waals surface area contributed by atoms with Crippen molar-refractivity contribution < 1.29 is 13.9 Å². The second kappa shape index (κ2) is 4.61. The van der Waals surface area contributed by atoms with Crippen LogP contribution in [0.25, 0.3) is 0 Å². The molecule has 1 unspecified atom stereocenters. The van der Waals surface area contributed by atoms with Gasteiger partial charge in [0.05, 0.1) is 21.5 Å². The average molecular weight is 213 g/mol. The topological polar surface area (TPSA) is 77.3 Å². The fraction of sp³-hybridized carbons (Fsp3) is 0.125. The van der Waals surface area contributed by atoms with Gasteiger partial charge in [-0.2, -0.15) is 0 Å². The van der Waals surface area contributed by atoms with Crippen molar-refractivity contribution in [3.8, 4) is 0 Å². The summed E-state index contributed by atoms with van der Waals surface area (Å²) < 4.78 is 11.2. The first-order valence-electron chi connectivity index (χ1n) is 3.71. The molecule has 0 aliphatic heterocycles. The second-order valence-electron chi connectivity index (χ2n) is 2.43. The number of carbonyl (C=O) groups is 1. The molecule has 0 heterocycles. The number of hydrogen-bond acceptors (Lipinski definition) is 4. The van der Waals surface area contributed by atoms with Crippen LogP contribution in [0.3, 0.4) is 0 Å².